The van der Waals surface area contributed by atoms with E-state index in [1.807, 2.05) is 0 Å². The fourth-order valence-electron chi connectivity index (χ4n) is 1.43. The molecule has 0 N–H and O–H groups in total. The van der Waals surface area contributed by atoms with E-state index >= 15 is 0 Å². The minimum absolute atomic E-state index is 0.270. The first-order valence-electron chi connectivity index (χ1n) is 3.87. The lowest BCUT2D eigenvalue weighted by molar-refractivity contribution is 0.584. The average Bonchev–Trinajstić information content (AvgIpc) is 2.04. The van der Waals surface area contributed by atoms with Crippen LogP contribution in [0.4, 0.5) is 0 Å². The summed E-state index contributed by atoms with van der Waals surface area (Å²) in [6.45, 7) is 0. The Balaban J connectivity index is 2.67. The smallest absolute Gasteiger partial charge is 0.180 e. The van der Waals surface area contributed by atoms with Crippen LogP contribution < -0.4 is 0 Å². The molecule has 64 valence electrons. The van der Waals surface area contributed by atoms with E-state index in [0.29, 0.717) is 11.3 Å². The molecule has 12 heavy (non-hydrogen) atoms. The van der Waals surface area contributed by atoms with Crippen LogP contribution in [0.1, 0.15) is 12.1 Å². The quantitative estimate of drug-likeness (QED) is 0.597. The lowest BCUT2D eigenvalue weighted by Crippen LogP contribution is -2.16. The first-order valence-corrected chi connectivity index (χ1v) is 5.52. The molecule has 1 aromatic rings. The van der Waals surface area contributed by atoms with Gasteiger partial charge in [-0.2, -0.15) is 0 Å². The number of hydrogen-bond donors (Lipinski definition) is 0. The summed E-state index contributed by atoms with van der Waals surface area (Å²) in [5.41, 5.74) is 0.726. The molecule has 4 heteroatoms. The van der Waals surface area contributed by atoms with Gasteiger partial charge in [-0.15, -0.1) is 0 Å². The van der Waals surface area contributed by atoms with Crippen LogP contribution in [0.3, 0.4) is 0 Å². The van der Waals surface area contributed by atoms with Crippen molar-refractivity contribution in [2.24, 2.45) is 0 Å². The largest absolute Gasteiger partial charge is 0.260 e. The number of fused-ring (bicyclic) bond motifs is 1. The number of nitrogens with zero attached hydrogens (tertiary/aromatic N) is 1. The van der Waals surface area contributed by atoms with Gasteiger partial charge in [0.15, 0.2) is 9.84 Å². The second-order valence-corrected chi connectivity index (χ2v) is 4.95. The zero-order valence-corrected chi connectivity index (χ0v) is 7.34. The normalized spacial score (nSPS) is 20.0. The van der Waals surface area contributed by atoms with E-state index in [4.69, 9.17) is 0 Å². The van der Waals surface area contributed by atoms with Crippen LogP contribution in [0.15, 0.2) is 23.2 Å². The molecule has 1 aromatic heterocycles. The van der Waals surface area contributed by atoms with Gasteiger partial charge >= 0.3 is 0 Å². The third-order valence-electron chi connectivity index (χ3n) is 2.01. The molecule has 0 amide bonds. The Morgan fingerprint density at radius 2 is 2.25 bits per heavy atom. The van der Waals surface area contributed by atoms with Crippen LogP contribution in [0.5, 0.6) is 0 Å². The topological polar surface area (TPSA) is 47.0 Å². The summed E-state index contributed by atoms with van der Waals surface area (Å²) in [6, 6.07) is 3.30. The number of aromatic nitrogens is 1. The van der Waals surface area contributed by atoms with Crippen LogP contribution in [0.25, 0.3) is 0 Å². The standard InChI is InChI=1S/C8H9NO2S/c10-12(11)6-2-3-7-8(12)4-1-5-9-7/h1,4-5H,2-3,6H2. The zero-order chi connectivity index (χ0) is 8.60. The van der Waals surface area contributed by atoms with Crippen LogP contribution in [-0.4, -0.2) is 19.2 Å². The molecule has 3 nitrogen and oxygen atoms in total. The number of aryl methyl sites for hydroxylation is 1. The van der Waals surface area contributed by atoms with Gasteiger partial charge in [0, 0.05) is 6.20 Å². The maximum absolute atomic E-state index is 11.4. The Hall–Kier alpha value is -0.900. The number of sulfone groups is 1. The molecule has 0 bridgehead atoms. The first kappa shape index (κ1) is 7.73. The number of hydrogen-bond acceptors (Lipinski definition) is 3. The first-order chi connectivity index (χ1) is 5.70. The molecular formula is C8H9NO2S. The highest BCUT2D eigenvalue weighted by Gasteiger charge is 2.23. The predicted molar refractivity (Wildman–Crippen MR) is 44.6 cm³/mol. The van der Waals surface area contributed by atoms with E-state index in [1.54, 1.807) is 18.3 Å². The van der Waals surface area contributed by atoms with E-state index in [0.717, 1.165) is 12.1 Å². The highest BCUT2D eigenvalue weighted by molar-refractivity contribution is 7.91. The van der Waals surface area contributed by atoms with Crippen LogP contribution in [0, 0.1) is 0 Å². The molecule has 0 fully saturated rings. The van der Waals surface area contributed by atoms with Crippen molar-refractivity contribution in [1.82, 2.24) is 4.98 Å². The Morgan fingerprint density at radius 1 is 1.42 bits per heavy atom. The summed E-state index contributed by atoms with van der Waals surface area (Å²) in [6.07, 6.45) is 3.13. The fourth-order valence-corrected chi connectivity index (χ4v) is 2.98. The van der Waals surface area contributed by atoms with Crippen LogP contribution >= 0.6 is 0 Å². The molecule has 0 saturated carbocycles. The van der Waals surface area contributed by atoms with E-state index in [9.17, 15) is 8.42 Å². The summed E-state index contributed by atoms with van der Waals surface area (Å²) in [5.74, 6) is 0.270. The zero-order valence-electron chi connectivity index (χ0n) is 6.53. The molecule has 0 unspecified atom stereocenters. The fraction of sp³-hybridized carbons (Fsp3) is 0.375. The highest BCUT2D eigenvalue weighted by Crippen LogP contribution is 2.21. The van der Waals surface area contributed by atoms with Crippen molar-refractivity contribution in [3.8, 4) is 0 Å². The van der Waals surface area contributed by atoms with Gasteiger partial charge in [-0.1, -0.05) is 0 Å². The van der Waals surface area contributed by atoms with Gasteiger partial charge in [-0.05, 0) is 25.0 Å². The maximum Gasteiger partial charge on any atom is 0.180 e. The minimum Gasteiger partial charge on any atom is -0.260 e. The third kappa shape index (κ3) is 1.12. The van der Waals surface area contributed by atoms with Gasteiger partial charge in [-0.25, -0.2) is 8.42 Å². The second-order valence-electron chi connectivity index (χ2n) is 2.87. The molecule has 2 heterocycles. The lowest BCUT2D eigenvalue weighted by atomic mass is 10.2. The van der Waals surface area contributed by atoms with Crippen molar-refractivity contribution in [2.75, 3.05) is 5.75 Å². The van der Waals surface area contributed by atoms with Crippen LogP contribution in [0.2, 0.25) is 0 Å². The molecule has 0 saturated heterocycles. The van der Waals surface area contributed by atoms with Gasteiger partial charge in [0.25, 0.3) is 0 Å². The maximum atomic E-state index is 11.4. The Labute approximate surface area is 71.4 Å². The third-order valence-corrected chi connectivity index (χ3v) is 3.88. The van der Waals surface area contributed by atoms with Gasteiger partial charge < -0.3 is 0 Å². The van der Waals surface area contributed by atoms with Crippen molar-refractivity contribution in [1.29, 1.82) is 0 Å². The predicted octanol–water partition coefficient (Wildman–Crippen LogP) is 0.802. The molecule has 0 atom stereocenters. The van der Waals surface area contributed by atoms with E-state index in [2.05, 4.69) is 4.98 Å². The van der Waals surface area contributed by atoms with Crippen molar-refractivity contribution < 1.29 is 8.42 Å². The molecule has 1 aliphatic heterocycles. The Kier molecular flexibility index (Phi) is 1.65. The number of rotatable bonds is 0. The summed E-state index contributed by atoms with van der Waals surface area (Å²) in [7, 11) is -3.00. The van der Waals surface area contributed by atoms with Crippen LogP contribution in [-0.2, 0) is 16.3 Å². The summed E-state index contributed by atoms with van der Waals surface area (Å²) < 4.78 is 22.9. The van der Waals surface area contributed by atoms with Crippen molar-refractivity contribution in [3.05, 3.63) is 24.0 Å². The Morgan fingerprint density at radius 3 is 3.00 bits per heavy atom. The molecule has 2 rings (SSSR count). The lowest BCUT2D eigenvalue weighted by Gasteiger charge is -2.13. The Bertz CT molecular complexity index is 397. The molecule has 0 spiro atoms. The molecular weight excluding hydrogens is 174 g/mol. The van der Waals surface area contributed by atoms with E-state index in [1.165, 1.54) is 0 Å². The molecule has 0 aliphatic carbocycles. The van der Waals surface area contributed by atoms with E-state index < -0.39 is 9.84 Å². The molecule has 0 radical (unpaired) electrons. The monoisotopic (exact) mass is 183 g/mol. The second kappa shape index (κ2) is 2.55. The van der Waals surface area contributed by atoms with E-state index in [-0.39, 0.29) is 5.75 Å². The van der Waals surface area contributed by atoms with Gasteiger partial charge in [0.2, 0.25) is 0 Å². The van der Waals surface area contributed by atoms with Crippen molar-refractivity contribution in [2.45, 2.75) is 17.7 Å². The highest BCUT2D eigenvalue weighted by atomic mass is 32.2. The van der Waals surface area contributed by atoms with Crippen molar-refractivity contribution in [3.63, 3.8) is 0 Å². The molecule has 0 aromatic carbocycles. The van der Waals surface area contributed by atoms with Gasteiger partial charge in [0.05, 0.1) is 16.3 Å². The number of pyridine rings is 1. The average molecular weight is 183 g/mol. The summed E-state index contributed by atoms with van der Waals surface area (Å²) in [4.78, 5) is 4.46. The van der Waals surface area contributed by atoms with Crippen molar-refractivity contribution >= 4 is 9.84 Å². The summed E-state index contributed by atoms with van der Waals surface area (Å²) in [5, 5.41) is 0. The summed E-state index contributed by atoms with van der Waals surface area (Å²) >= 11 is 0. The van der Waals surface area contributed by atoms with Gasteiger partial charge in [-0.3, -0.25) is 4.98 Å². The van der Waals surface area contributed by atoms with Gasteiger partial charge in [0.1, 0.15) is 0 Å². The minimum atomic E-state index is -3.00. The molecule has 1 aliphatic rings. The SMILES string of the molecule is O=S1(=O)CCCc2ncccc21.